The van der Waals surface area contributed by atoms with Gasteiger partial charge in [-0.1, -0.05) is 6.07 Å². The van der Waals surface area contributed by atoms with E-state index in [2.05, 4.69) is 30.6 Å². The van der Waals surface area contributed by atoms with E-state index in [0.29, 0.717) is 11.5 Å². The summed E-state index contributed by atoms with van der Waals surface area (Å²) in [6.45, 7) is 13.3. The molecule has 0 saturated heterocycles. The number of aromatic amines is 1. The van der Waals surface area contributed by atoms with Gasteiger partial charge in [0.05, 0.1) is 29.8 Å². The summed E-state index contributed by atoms with van der Waals surface area (Å²) in [5, 5.41) is 5.57. The van der Waals surface area contributed by atoms with Crippen LogP contribution in [0.2, 0.25) is 0 Å². The highest BCUT2D eigenvalue weighted by Crippen LogP contribution is 2.24. The number of hydrogen-bond acceptors (Lipinski definition) is 9. The smallest absolute Gasteiger partial charge is 0.413 e. The van der Waals surface area contributed by atoms with Crippen molar-refractivity contribution in [3.63, 3.8) is 0 Å². The highest BCUT2D eigenvalue weighted by molar-refractivity contribution is 5.88. The molecule has 1 aromatic carbocycles. The summed E-state index contributed by atoms with van der Waals surface area (Å²) in [4.78, 5) is 40.5. The molecule has 2 aromatic heterocycles. The van der Waals surface area contributed by atoms with Crippen LogP contribution in [0.25, 0.3) is 22.2 Å². The number of ether oxygens (including phenoxy) is 3. The zero-order valence-corrected chi connectivity index (χ0v) is 21.8. The summed E-state index contributed by atoms with van der Waals surface area (Å²) in [7, 11) is 0. The van der Waals surface area contributed by atoms with E-state index in [4.69, 9.17) is 14.2 Å². The standard InChI is InChI=1S/C25H34N6O5/c1-8-34-23(33)31-22-28-17-10-9-15(11-18(17)29-22)16-12-26-21(27-13-16)30-19(14-35-24(2,3)4)20(32)36-25(5,6)7/h9-13,19H,8,14H2,1-7H3,(H,26,27,30)(H2,28,29,31,33). The normalized spacial score (nSPS) is 12.8. The Morgan fingerprint density at radius 2 is 1.72 bits per heavy atom. The Labute approximate surface area is 210 Å². The number of nitrogens with one attached hydrogen (secondary N) is 3. The molecule has 2 heterocycles. The summed E-state index contributed by atoms with van der Waals surface area (Å²) in [6.07, 6.45) is 2.72. The first-order valence-electron chi connectivity index (χ1n) is 11.7. The highest BCUT2D eigenvalue weighted by Gasteiger charge is 2.28. The molecule has 0 aliphatic heterocycles. The Morgan fingerprint density at radius 1 is 1.03 bits per heavy atom. The second-order valence-electron chi connectivity index (χ2n) is 10.1. The highest BCUT2D eigenvalue weighted by atomic mass is 16.6. The van der Waals surface area contributed by atoms with Crippen LogP contribution in [0, 0.1) is 0 Å². The van der Waals surface area contributed by atoms with Gasteiger partial charge in [0, 0.05) is 18.0 Å². The van der Waals surface area contributed by atoms with Crippen molar-refractivity contribution in [1.29, 1.82) is 0 Å². The van der Waals surface area contributed by atoms with E-state index in [9.17, 15) is 9.59 Å². The van der Waals surface area contributed by atoms with Crippen LogP contribution in [0.5, 0.6) is 0 Å². The molecule has 0 radical (unpaired) electrons. The molecule has 1 unspecified atom stereocenters. The van der Waals surface area contributed by atoms with Gasteiger partial charge < -0.3 is 24.5 Å². The number of nitrogens with zero attached hydrogens (tertiary/aromatic N) is 3. The molecule has 3 aromatic rings. The number of imidazole rings is 1. The van der Waals surface area contributed by atoms with Gasteiger partial charge >= 0.3 is 12.1 Å². The fourth-order valence-electron chi connectivity index (χ4n) is 3.09. The monoisotopic (exact) mass is 498 g/mol. The predicted octanol–water partition coefficient (Wildman–Crippen LogP) is 4.53. The van der Waals surface area contributed by atoms with E-state index in [1.54, 1.807) is 19.3 Å². The van der Waals surface area contributed by atoms with Crippen molar-refractivity contribution in [2.24, 2.45) is 0 Å². The van der Waals surface area contributed by atoms with Gasteiger partial charge in [-0.2, -0.15) is 0 Å². The second-order valence-corrected chi connectivity index (χ2v) is 10.1. The van der Waals surface area contributed by atoms with E-state index in [1.807, 2.05) is 59.7 Å². The van der Waals surface area contributed by atoms with Gasteiger partial charge in [-0.25, -0.2) is 24.5 Å². The maximum absolute atomic E-state index is 12.7. The number of aromatic nitrogens is 4. The molecule has 0 aliphatic rings. The van der Waals surface area contributed by atoms with Gasteiger partial charge in [0.1, 0.15) is 5.60 Å². The van der Waals surface area contributed by atoms with E-state index >= 15 is 0 Å². The molecule has 0 saturated carbocycles. The summed E-state index contributed by atoms with van der Waals surface area (Å²) in [5.41, 5.74) is 1.94. The summed E-state index contributed by atoms with van der Waals surface area (Å²) < 4.78 is 16.2. The van der Waals surface area contributed by atoms with Crippen LogP contribution in [0.4, 0.5) is 16.7 Å². The molecule has 0 aliphatic carbocycles. The third-order valence-electron chi connectivity index (χ3n) is 4.64. The van der Waals surface area contributed by atoms with Crippen LogP contribution >= 0.6 is 0 Å². The van der Waals surface area contributed by atoms with Crippen molar-refractivity contribution in [1.82, 2.24) is 19.9 Å². The van der Waals surface area contributed by atoms with Crippen molar-refractivity contribution in [3.8, 4) is 11.1 Å². The molecule has 11 nitrogen and oxygen atoms in total. The predicted molar refractivity (Wildman–Crippen MR) is 137 cm³/mol. The Balaban J connectivity index is 1.74. The molecule has 1 atom stereocenters. The first-order chi connectivity index (χ1) is 16.8. The van der Waals surface area contributed by atoms with Gasteiger partial charge in [0.15, 0.2) is 6.04 Å². The third-order valence-corrected chi connectivity index (χ3v) is 4.64. The lowest BCUT2D eigenvalue weighted by atomic mass is 10.1. The average molecular weight is 499 g/mol. The number of hydrogen-bond donors (Lipinski definition) is 3. The van der Waals surface area contributed by atoms with Crippen molar-refractivity contribution >= 4 is 35.0 Å². The van der Waals surface area contributed by atoms with Crippen LogP contribution in [0.15, 0.2) is 30.6 Å². The fourth-order valence-corrected chi connectivity index (χ4v) is 3.09. The van der Waals surface area contributed by atoms with E-state index < -0.39 is 29.3 Å². The zero-order chi connectivity index (χ0) is 26.5. The van der Waals surface area contributed by atoms with Crippen molar-refractivity contribution in [2.45, 2.75) is 65.7 Å². The van der Waals surface area contributed by atoms with Crippen molar-refractivity contribution < 1.29 is 23.8 Å². The van der Waals surface area contributed by atoms with Crippen LogP contribution in [0.1, 0.15) is 48.5 Å². The van der Waals surface area contributed by atoms with E-state index in [1.165, 1.54) is 0 Å². The van der Waals surface area contributed by atoms with Crippen LogP contribution in [0.3, 0.4) is 0 Å². The Morgan fingerprint density at radius 3 is 2.33 bits per heavy atom. The number of benzene rings is 1. The van der Waals surface area contributed by atoms with Crippen LogP contribution < -0.4 is 10.6 Å². The largest absolute Gasteiger partial charge is 0.458 e. The lowest BCUT2D eigenvalue weighted by molar-refractivity contribution is -0.158. The number of fused-ring (bicyclic) bond motifs is 1. The molecule has 36 heavy (non-hydrogen) atoms. The Hall–Kier alpha value is -3.73. The summed E-state index contributed by atoms with van der Waals surface area (Å²) >= 11 is 0. The number of rotatable bonds is 8. The molecule has 1 amide bonds. The zero-order valence-electron chi connectivity index (χ0n) is 21.8. The summed E-state index contributed by atoms with van der Waals surface area (Å²) in [5.74, 6) is 0.117. The lowest BCUT2D eigenvalue weighted by Crippen LogP contribution is -2.41. The first-order valence-corrected chi connectivity index (χ1v) is 11.7. The topological polar surface area (TPSA) is 140 Å². The number of carbonyl (C=O) groups excluding carboxylic acids is 2. The average Bonchev–Trinajstić information content (AvgIpc) is 3.16. The fraction of sp³-hybridized carbons (Fsp3) is 0.480. The van der Waals surface area contributed by atoms with Gasteiger partial charge in [-0.05, 0) is 66.2 Å². The number of H-pyrrole nitrogens is 1. The minimum atomic E-state index is -0.778. The molecule has 11 heteroatoms. The maximum Gasteiger partial charge on any atom is 0.413 e. The minimum Gasteiger partial charge on any atom is -0.458 e. The van der Waals surface area contributed by atoms with Crippen molar-refractivity contribution in [3.05, 3.63) is 30.6 Å². The minimum absolute atomic E-state index is 0.0987. The molecule has 0 fully saturated rings. The quantitative estimate of drug-likeness (QED) is 0.382. The first kappa shape index (κ1) is 26.9. The van der Waals surface area contributed by atoms with Gasteiger partial charge in [0.25, 0.3) is 0 Å². The van der Waals surface area contributed by atoms with Crippen LogP contribution in [-0.4, -0.2) is 62.5 Å². The second kappa shape index (κ2) is 10.9. The van der Waals surface area contributed by atoms with Gasteiger partial charge in [-0.3, -0.25) is 5.32 Å². The Bertz CT molecular complexity index is 1190. The van der Waals surface area contributed by atoms with E-state index in [-0.39, 0.29) is 19.2 Å². The van der Waals surface area contributed by atoms with Gasteiger partial charge in [0.2, 0.25) is 11.9 Å². The SMILES string of the molecule is CCOC(=O)Nc1nc2cc(-c3cnc(NC(COC(C)(C)C)C(=O)OC(C)(C)C)nc3)ccc2[nH]1. The molecular formula is C25H34N6O5. The molecule has 0 bridgehead atoms. The third kappa shape index (κ3) is 7.91. The molecule has 194 valence electrons. The molecule has 3 rings (SSSR count). The van der Waals surface area contributed by atoms with E-state index in [0.717, 1.165) is 16.6 Å². The lowest BCUT2D eigenvalue weighted by Gasteiger charge is -2.27. The molecular weight excluding hydrogens is 464 g/mol. The van der Waals surface area contributed by atoms with Gasteiger partial charge in [-0.15, -0.1) is 0 Å². The number of anilines is 2. The number of esters is 1. The molecule has 0 spiro atoms. The number of amides is 1. The maximum atomic E-state index is 12.7. The number of carbonyl (C=O) groups is 2. The molecule has 3 N–H and O–H groups in total. The Kier molecular flexibility index (Phi) is 8.13. The van der Waals surface area contributed by atoms with Crippen molar-refractivity contribution in [2.75, 3.05) is 23.8 Å². The van der Waals surface area contributed by atoms with Crippen LogP contribution in [-0.2, 0) is 19.0 Å². The summed E-state index contributed by atoms with van der Waals surface area (Å²) in [6, 6.07) is 4.82.